The summed E-state index contributed by atoms with van der Waals surface area (Å²) in [6.45, 7) is 4.28. The molecule has 3 nitrogen and oxygen atoms in total. The monoisotopic (exact) mass is 241 g/mol. The molecular weight excluding hydrogens is 226 g/mol. The van der Waals surface area contributed by atoms with Crippen molar-refractivity contribution in [1.82, 2.24) is 5.32 Å². The van der Waals surface area contributed by atoms with Gasteiger partial charge in [-0.25, -0.2) is 0 Å². The lowest BCUT2D eigenvalue weighted by Gasteiger charge is -2.26. The first-order chi connectivity index (χ1) is 7.72. The van der Waals surface area contributed by atoms with Crippen LogP contribution in [0.15, 0.2) is 12.1 Å². The minimum Gasteiger partial charge on any atom is -0.496 e. The molecule has 0 bridgehead atoms. The average Bonchev–Trinajstić information content (AvgIpc) is 2.29. The van der Waals surface area contributed by atoms with Crippen LogP contribution in [0, 0.1) is 6.92 Å². The Morgan fingerprint density at radius 3 is 2.94 bits per heavy atom. The van der Waals surface area contributed by atoms with E-state index in [9.17, 15) is 0 Å². The van der Waals surface area contributed by atoms with E-state index in [0.29, 0.717) is 6.61 Å². The van der Waals surface area contributed by atoms with Crippen molar-refractivity contribution in [3.05, 3.63) is 28.3 Å². The van der Waals surface area contributed by atoms with Crippen LogP contribution in [-0.2, 0) is 4.74 Å². The summed E-state index contributed by atoms with van der Waals surface area (Å²) in [5.74, 6) is 0.896. The molecule has 0 aliphatic carbocycles. The molecule has 1 aliphatic heterocycles. The van der Waals surface area contributed by atoms with Gasteiger partial charge in [-0.2, -0.15) is 0 Å². The molecule has 1 aromatic rings. The van der Waals surface area contributed by atoms with Gasteiger partial charge < -0.3 is 14.8 Å². The molecule has 0 radical (unpaired) electrons. The van der Waals surface area contributed by atoms with Crippen LogP contribution in [0.3, 0.4) is 0 Å². The van der Waals surface area contributed by atoms with E-state index in [2.05, 4.69) is 5.32 Å². The smallest absolute Gasteiger partial charge is 0.126 e. The maximum absolute atomic E-state index is 6.07. The van der Waals surface area contributed by atoms with E-state index in [4.69, 9.17) is 21.1 Å². The molecule has 2 rings (SSSR count). The summed E-state index contributed by atoms with van der Waals surface area (Å²) in [5, 5.41) is 4.14. The van der Waals surface area contributed by atoms with Crippen LogP contribution >= 0.6 is 11.6 Å². The maximum atomic E-state index is 6.07. The molecule has 1 fully saturated rings. The summed E-state index contributed by atoms with van der Waals surface area (Å²) in [6.07, 6.45) is 0. The molecule has 1 atom stereocenters. The molecule has 88 valence electrons. The lowest BCUT2D eigenvalue weighted by Crippen LogP contribution is -2.34. The van der Waals surface area contributed by atoms with Crippen molar-refractivity contribution in [2.45, 2.75) is 13.0 Å². The molecule has 0 saturated carbocycles. The Balaban J connectivity index is 2.36. The first kappa shape index (κ1) is 11.7. The number of rotatable bonds is 2. The second-order valence-electron chi connectivity index (χ2n) is 3.93. The first-order valence-electron chi connectivity index (χ1n) is 5.37. The van der Waals surface area contributed by atoms with Gasteiger partial charge in [-0.05, 0) is 24.6 Å². The highest BCUT2D eigenvalue weighted by Gasteiger charge is 2.20. The Bertz CT molecular complexity index is 376. The van der Waals surface area contributed by atoms with Crippen molar-refractivity contribution >= 4 is 11.6 Å². The number of hydrogen-bond donors (Lipinski definition) is 1. The van der Waals surface area contributed by atoms with Gasteiger partial charge in [0.25, 0.3) is 0 Å². The van der Waals surface area contributed by atoms with Gasteiger partial charge in [0.15, 0.2) is 0 Å². The summed E-state index contributed by atoms with van der Waals surface area (Å²) >= 11 is 6.07. The largest absolute Gasteiger partial charge is 0.496 e. The van der Waals surface area contributed by atoms with Crippen LogP contribution in [0.4, 0.5) is 0 Å². The van der Waals surface area contributed by atoms with Gasteiger partial charge in [-0.1, -0.05) is 11.6 Å². The van der Waals surface area contributed by atoms with Crippen LogP contribution in [0.25, 0.3) is 0 Å². The van der Waals surface area contributed by atoms with Crippen LogP contribution in [0.1, 0.15) is 17.2 Å². The molecule has 1 unspecified atom stereocenters. The fourth-order valence-electron chi connectivity index (χ4n) is 2.06. The van der Waals surface area contributed by atoms with Crippen molar-refractivity contribution in [3.63, 3.8) is 0 Å². The average molecular weight is 242 g/mol. The Hall–Kier alpha value is -0.770. The highest BCUT2D eigenvalue weighted by atomic mass is 35.5. The number of morpholine rings is 1. The molecule has 1 saturated heterocycles. The van der Waals surface area contributed by atoms with Crippen LogP contribution in [-0.4, -0.2) is 26.9 Å². The number of benzene rings is 1. The molecule has 0 aromatic heterocycles. The van der Waals surface area contributed by atoms with E-state index in [1.165, 1.54) is 0 Å². The molecule has 4 heteroatoms. The zero-order valence-corrected chi connectivity index (χ0v) is 10.3. The van der Waals surface area contributed by atoms with Crippen LogP contribution in [0.5, 0.6) is 5.75 Å². The van der Waals surface area contributed by atoms with Crippen molar-refractivity contribution in [2.24, 2.45) is 0 Å². The van der Waals surface area contributed by atoms with Crippen LogP contribution in [0.2, 0.25) is 5.02 Å². The summed E-state index contributed by atoms with van der Waals surface area (Å²) in [7, 11) is 1.68. The van der Waals surface area contributed by atoms with Gasteiger partial charge >= 0.3 is 0 Å². The summed E-state index contributed by atoms with van der Waals surface area (Å²) in [5.41, 5.74) is 2.13. The van der Waals surface area contributed by atoms with Crippen molar-refractivity contribution in [2.75, 3.05) is 26.9 Å². The topological polar surface area (TPSA) is 30.5 Å². The normalized spacial score (nSPS) is 20.8. The van der Waals surface area contributed by atoms with Crippen molar-refractivity contribution in [3.8, 4) is 5.75 Å². The van der Waals surface area contributed by atoms with Crippen LogP contribution < -0.4 is 10.1 Å². The first-order valence-corrected chi connectivity index (χ1v) is 5.75. The molecule has 1 aromatic carbocycles. The summed E-state index contributed by atoms with van der Waals surface area (Å²) in [4.78, 5) is 0. The van der Waals surface area contributed by atoms with E-state index in [-0.39, 0.29) is 6.04 Å². The lowest BCUT2D eigenvalue weighted by atomic mass is 10.0. The van der Waals surface area contributed by atoms with Gasteiger partial charge in [-0.15, -0.1) is 0 Å². The standard InChI is InChI=1S/C12H16ClNO2/c1-8-5-9(13)6-10(12(8)15-2)11-7-16-4-3-14-11/h5-6,11,14H,3-4,7H2,1-2H3. The predicted octanol–water partition coefficient (Wildman–Crippen LogP) is 2.32. The molecule has 0 amide bonds. The minimum atomic E-state index is 0.168. The number of methoxy groups -OCH3 is 1. The zero-order valence-electron chi connectivity index (χ0n) is 9.55. The molecule has 1 heterocycles. The minimum absolute atomic E-state index is 0.168. The quantitative estimate of drug-likeness (QED) is 0.862. The number of hydrogen-bond acceptors (Lipinski definition) is 3. The van der Waals surface area contributed by atoms with E-state index in [1.807, 2.05) is 19.1 Å². The third kappa shape index (κ3) is 2.32. The second kappa shape index (κ2) is 5.04. The molecular formula is C12H16ClNO2. The highest BCUT2D eigenvalue weighted by molar-refractivity contribution is 6.30. The Morgan fingerprint density at radius 1 is 1.50 bits per heavy atom. The van der Waals surface area contributed by atoms with E-state index >= 15 is 0 Å². The number of ether oxygens (including phenoxy) is 2. The van der Waals surface area contributed by atoms with Gasteiger partial charge in [0.1, 0.15) is 5.75 Å². The van der Waals surface area contributed by atoms with Crippen molar-refractivity contribution < 1.29 is 9.47 Å². The Kier molecular flexibility index (Phi) is 3.69. The summed E-state index contributed by atoms with van der Waals surface area (Å²) in [6, 6.07) is 4.02. The molecule has 0 spiro atoms. The zero-order chi connectivity index (χ0) is 11.5. The van der Waals surface area contributed by atoms with E-state index < -0.39 is 0 Å². The van der Waals surface area contributed by atoms with Gasteiger partial charge in [0.05, 0.1) is 26.4 Å². The highest BCUT2D eigenvalue weighted by Crippen LogP contribution is 2.32. The second-order valence-corrected chi connectivity index (χ2v) is 4.36. The number of halogens is 1. The molecule has 1 aliphatic rings. The van der Waals surface area contributed by atoms with E-state index in [1.54, 1.807) is 7.11 Å². The fraction of sp³-hybridized carbons (Fsp3) is 0.500. The maximum Gasteiger partial charge on any atom is 0.126 e. The summed E-state index contributed by atoms with van der Waals surface area (Å²) < 4.78 is 10.9. The third-order valence-electron chi connectivity index (χ3n) is 2.77. The van der Waals surface area contributed by atoms with Gasteiger partial charge in [0.2, 0.25) is 0 Å². The molecule has 1 N–H and O–H groups in total. The Morgan fingerprint density at radius 2 is 2.31 bits per heavy atom. The SMILES string of the molecule is COc1c(C)cc(Cl)cc1C1COCCN1. The number of nitrogens with one attached hydrogen (secondary N) is 1. The predicted molar refractivity (Wildman–Crippen MR) is 64.3 cm³/mol. The van der Waals surface area contributed by atoms with E-state index in [0.717, 1.165) is 35.1 Å². The Labute approximate surface area is 101 Å². The molecule has 16 heavy (non-hydrogen) atoms. The third-order valence-corrected chi connectivity index (χ3v) is 2.99. The number of aryl methyl sites for hydroxylation is 1. The lowest BCUT2D eigenvalue weighted by molar-refractivity contribution is 0.0760. The fourth-order valence-corrected chi connectivity index (χ4v) is 2.34. The van der Waals surface area contributed by atoms with Crippen molar-refractivity contribution in [1.29, 1.82) is 0 Å². The van der Waals surface area contributed by atoms with Gasteiger partial charge in [-0.3, -0.25) is 0 Å². The van der Waals surface area contributed by atoms with Gasteiger partial charge in [0, 0.05) is 17.1 Å².